The van der Waals surface area contributed by atoms with Crippen molar-refractivity contribution < 1.29 is 9.59 Å². The van der Waals surface area contributed by atoms with Crippen molar-refractivity contribution in [3.63, 3.8) is 0 Å². The first kappa shape index (κ1) is 18.2. The zero-order valence-corrected chi connectivity index (χ0v) is 15.4. The highest BCUT2D eigenvalue weighted by molar-refractivity contribution is 9.10. The van der Waals surface area contributed by atoms with E-state index in [4.69, 9.17) is 0 Å². The Morgan fingerprint density at radius 3 is 2.08 bits per heavy atom. The van der Waals surface area contributed by atoms with Crippen molar-refractivity contribution in [1.29, 1.82) is 0 Å². The molecule has 0 fully saturated rings. The molecule has 1 unspecified atom stereocenters. The van der Waals surface area contributed by atoms with Gasteiger partial charge in [-0.1, -0.05) is 35.0 Å². The van der Waals surface area contributed by atoms with Gasteiger partial charge in [-0.2, -0.15) is 0 Å². The third kappa shape index (κ3) is 5.20. The predicted octanol–water partition coefficient (Wildman–Crippen LogP) is 3.91. The van der Waals surface area contributed by atoms with Gasteiger partial charge in [0.1, 0.15) is 0 Å². The van der Waals surface area contributed by atoms with Crippen LogP contribution in [0.5, 0.6) is 0 Å². The molecule has 0 saturated heterocycles. The zero-order valence-electron chi connectivity index (χ0n) is 13.8. The van der Waals surface area contributed by atoms with E-state index in [0.717, 1.165) is 16.5 Å². The Morgan fingerprint density at radius 2 is 1.50 bits per heavy atom. The summed E-state index contributed by atoms with van der Waals surface area (Å²) in [5, 5.41) is 5.80. The summed E-state index contributed by atoms with van der Waals surface area (Å²) in [5.41, 5.74) is 2.18. The molecule has 126 valence electrons. The molecule has 0 bridgehead atoms. The van der Waals surface area contributed by atoms with Gasteiger partial charge in [-0.3, -0.25) is 9.59 Å². The Kier molecular flexibility index (Phi) is 6.55. The fraction of sp³-hybridized carbons (Fsp3) is 0.263. The standard InChI is InChI=1S/C19H21BrN2O2/c1-3-13(2)22-19(24)16-6-4-14(5-7-16)12-21-18(23)15-8-10-17(20)11-9-15/h4-11,13H,3,12H2,1-2H3,(H,21,23)(H,22,24). The summed E-state index contributed by atoms with van der Waals surface area (Å²) < 4.78 is 0.935. The van der Waals surface area contributed by atoms with Crippen molar-refractivity contribution in [2.24, 2.45) is 0 Å². The number of hydrogen-bond acceptors (Lipinski definition) is 2. The molecule has 2 aromatic rings. The number of carbonyl (C=O) groups is 2. The molecule has 0 aliphatic rings. The Balaban J connectivity index is 1.90. The number of carbonyl (C=O) groups excluding carboxylic acids is 2. The van der Waals surface area contributed by atoms with Crippen LogP contribution >= 0.6 is 15.9 Å². The second-order valence-electron chi connectivity index (χ2n) is 5.67. The second-order valence-corrected chi connectivity index (χ2v) is 6.58. The molecule has 2 amide bonds. The number of amides is 2. The van der Waals surface area contributed by atoms with E-state index in [1.54, 1.807) is 24.3 Å². The quantitative estimate of drug-likeness (QED) is 0.787. The molecule has 0 aliphatic heterocycles. The summed E-state index contributed by atoms with van der Waals surface area (Å²) in [6.45, 7) is 4.42. The first-order chi connectivity index (χ1) is 11.5. The van der Waals surface area contributed by atoms with Gasteiger partial charge in [0.2, 0.25) is 0 Å². The predicted molar refractivity (Wildman–Crippen MR) is 99.0 cm³/mol. The number of benzene rings is 2. The van der Waals surface area contributed by atoms with E-state index in [-0.39, 0.29) is 17.9 Å². The van der Waals surface area contributed by atoms with Gasteiger partial charge in [-0.05, 0) is 55.3 Å². The third-order valence-electron chi connectivity index (χ3n) is 3.77. The molecule has 4 nitrogen and oxygen atoms in total. The summed E-state index contributed by atoms with van der Waals surface area (Å²) in [7, 11) is 0. The van der Waals surface area contributed by atoms with Crippen LogP contribution in [-0.4, -0.2) is 17.9 Å². The van der Waals surface area contributed by atoms with Gasteiger partial charge in [0.15, 0.2) is 0 Å². The molecule has 24 heavy (non-hydrogen) atoms. The maximum atomic E-state index is 12.1. The SMILES string of the molecule is CCC(C)NC(=O)c1ccc(CNC(=O)c2ccc(Br)cc2)cc1. The van der Waals surface area contributed by atoms with Crippen LogP contribution in [-0.2, 0) is 6.54 Å². The first-order valence-electron chi connectivity index (χ1n) is 7.93. The van der Waals surface area contributed by atoms with Gasteiger partial charge in [0, 0.05) is 28.2 Å². The highest BCUT2D eigenvalue weighted by atomic mass is 79.9. The topological polar surface area (TPSA) is 58.2 Å². The Labute approximate surface area is 150 Å². The van der Waals surface area contributed by atoms with Gasteiger partial charge >= 0.3 is 0 Å². The molecule has 5 heteroatoms. The van der Waals surface area contributed by atoms with Crippen LogP contribution in [0.25, 0.3) is 0 Å². The third-order valence-corrected chi connectivity index (χ3v) is 4.29. The van der Waals surface area contributed by atoms with Crippen LogP contribution in [0, 0.1) is 0 Å². The molecule has 2 N–H and O–H groups in total. The van der Waals surface area contributed by atoms with E-state index in [1.807, 2.05) is 38.1 Å². The normalized spacial score (nSPS) is 11.6. The number of halogens is 1. The summed E-state index contributed by atoms with van der Waals surface area (Å²) in [4.78, 5) is 24.1. The number of rotatable bonds is 6. The van der Waals surface area contributed by atoms with Crippen molar-refractivity contribution in [1.82, 2.24) is 10.6 Å². The monoisotopic (exact) mass is 388 g/mol. The fourth-order valence-corrected chi connectivity index (χ4v) is 2.33. The molecule has 0 aromatic heterocycles. The van der Waals surface area contributed by atoms with Gasteiger partial charge in [0.25, 0.3) is 11.8 Å². The smallest absolute Gasteiger partial charge is 0.251 e. The van der Waals surface area contributed by atoms with E-state index >= 15 is 0 Å². The zero-order chi connectivity index (χ0) is 17.5. The van der Waals surface area contributed by atoms with Crippen molar-refractivity contribution >= 4 is 27.7 Å². The average molecular weight is 389 g/mol. The van der Waals surface area contributed by atoms with Crippen molar-refractivity contribution in [2.75, 3.05) is 0 Å². The summed E-state index contributed by atoms with van der Waals surface area (Å²) in [6, 6.07) is 14.6. The van der Waals surface area contributed by atoms with Gasteiger partial charge in [0.05, 0.1) is 0 Å². The average Bonchev–Trinajstić information content (AvgIpc) is 2.60. The minimum atomic E-state index is -0.124. The van der Waals surface area contributed by atoms with Gasteiger partial charge in [-0.15, -0.1) is 0 Å². The fourth-order valence-electron chi connectivity index (χ4n) is 2.07. The lowest BCUT2D eigenvalue weighted by Crippen LogP contribution is -2.31. The van der Waals surface area contributed by atoms with Crippen molar-refractivity contribution in [2.45, 2.75) is 32.9 Å². The molecule has 2 aromatic carbocycles. The Hall–Kier alpha value is -2.14. The Bertz CT molecular complexity index is 696. The van der Waals surface area contributed by atoms with E-state index in [2.05, 4.69) is 26.6 Å². The van der Waals surface area contributed by atoms with E-state index < -0.39 is 0 Å². The lowest BCUT2D eigenvalue weighted by Gasteiger charge is -2.11. The molecule has 0 saturated carbocycles. The molecule has 0 aliphatic carbocycles. The van der Waals surface area contributed by atoms with Crippen LogP contribution in [0.4, 0.5) is 0 Å². The van der Waals surface area contributed by atoms with Crippen LogP contribution in [0.2, 0.25) is 0 Å². The second kappa shape index (κ2) is 8.64. The number of nitrogens with one attached hydrogen (secondary N) is 2. The lowest BCUT2D eigenvalue weighted by atomic mass is 10.1. The first-order valence-corrected chi connectivity index (χ1v) is 8.72. The number of hydrogen-bond donors (Lipinski definition) is 2. The molecule has 0 radical (unpaired) electrons. The summed E-state index contributed by atoms with van der Waals surface area (Å²) in [5.74, 6) is -0.198. The lowest BCUT2D eigenvalue weighted by molar-refractivity contribution is 0.0934. The molecule has 0 heterocycles. The molecule has 2 rings (SSSR count). The maximum absolute atomic E-state index is 12.1. The van der Waals surface area contributed by atoms with Gasteiger partial charge in [-0.25, -0.2) is 0 Å². The van der Waals surface area contributed by atoms with Crippen molar-refractivity contribution in [3.8, 4) is 0 Å². The molecule has 0 spiro atoms. The summed E-state index contributed by atoms with van der Waals surface area (Å²) in [6.07, 6.45) is 0.895. The van der Waals surface area contributed by atoms with E-state index in [0.29, 0.717) is 17.7 Å². The molecular formula is C19H21BrN2O2. The van der Waals surface area contributed by atoms with Crippen LogP contribution in [0.1, 0.15) is 46.5 Å². The maximum Gasteiger partial charge on any atom is 0.251 e. The van der Waals surface area contributed by atoms with Crippen LogP contribution in [0.15, 0.2) is 53.0 Å². The highest BCUT2D eigenvalue weighted by Crippen LogP contribution is 2.11. The van der Waals surface area contributed by atoms with E-state index in [1.165, 1.54) is 0 Å². The Morgan fingerprint density at radius 1 is 0.958 bits per heavy atom. The minimum absolute atomic E-state index is 0.0743. The van der Waals surface area contributed by atoms with Crippen LogP contribution < -0.4 is 10.6 Å². The molecule has 1 atom stereocenters. The highest BCUT2D eigenvalue weighted by Gasteiger charge is 2.09. The minimum Gasteiger partial charge on any atom is -0.350 e. The summed E-state index contributed by atoms with van der Waals surface area (Å²) >= 11 is 3.34. The van der Waals surface area contributed by atoms with E-state index in [9.17, 15) is 9.59 Å². The van der Waals surface area contributed by atoms with Crippen molar-refractivity contribution in [3.05, 3.63) is 69.7 Å². The van der Waals surface area contributed by atoms with Gasteiger partial charge < -0.3 is 10.6 Å². The molecular weight excluding hydrogens is 368 g/mol. The largest absolute Gasteiger partial charge is 0.350 e. The van der Waals surface area contributed by atoms with Crippen LogP contribution in [0.3, 0.4) is 0 Å².